The van der Waals surface area contributed by atoms with Crippen LogP contribution < -0.4 is 4.74 Å². The van der Waals surface area contributed by atoms with E-state index >= 15 is 0 Å². The van der Waals surface area contributed by atoms with Crippen LogP contribution in [0.25, 0.3) is 0 Å². The van der Waals surface area contributed by atoms with Crippen LogP contribution in [0.3, 0.4) is 0 Å². The first-order valence-corrected chi connectivity index (χ1v) is 7.88. The number of fused-ring (bicyclic) bond motifs is 1. The van der Waals surface area contributed by atoms with E-state index in [2.05, 4.69) is 11.9 Å². The van der Waals surface area contributed by atoms with Crippen LogP contribution in [0.5, 0.6) is 5.75 Å². The Balaban J connectivity index is 1.84. The van der Waals surface area contributed by atoms with Gasteiger partial charge >= 0.3 is 0 Å². The Morgan fingerprint density at radius 1 is 1.47 bits per heavy atom. The van der Waals surface area contributed by atoms with Crippen molar-refractivity contribution in [2.45, 2.75) is 36.1 Å². The van der Waals surface area contributed by atoms with Gasteiger partial charge in [0, 0.05) is 22.3 Å². The average Bonchev–Trinajstić information content (AvgIpc) is 2.99. The molecule has 2 aliphatic rings. The minimum absolute atomic E-state index is 0.143. The zero-order valence-electron chi connectivity index (χ0n) is 11.5. The first-order chi connectivity index (χ1) is 9.20. The minimum Gasteiger partial charge on any atom is -0.494 e. The standard InChI is InChI=1S/C15H20FNOS/c1-17-7-3-4-11(17)8-10-9-19-13-6-5-12(18-2)15(16)14(10)13/h5-6,10-11H,3-4,7-9H2,1-2H3/t10-,11+/m0/s1. The maximum Gasteiger partial charge on any atom is 0.169 e. The quantitative estimate of drug-likeness (QED) is 0.841. The van der Waals surface area contributed by atoms with Gasteiger partial charge in [-0.1, -0.05) is 0 Å². The highest BCUT2D eigenvalue weighted by molar-refractivity contribution is 7.99. The zero-order chi connectivity index (χ0) is 13.4. The van der Waals surface area contributed by atoms with Gasteiger partial charge in [0.25, 0.3) is 0 Å². The Hall–Kier alpha value is -0.740. The third-order valence-electron chi connectivity index (χ3n) is 4.40. The number of benzene rings is 1. The predicted octanol–water partition coefficient (Wildman–Crippen LogP) is 3.51. The lowest BCUT2D eigenvalue weighted by molar-refractivity contribution is 0.284. The fourth-order valence-corrected chi connectivity index (χ4v) is 4.54. The van der Waals surface area contributed by atoms with E-state index in [9.17, 15) is 4.39 Å². The maximum absolute atomic E-state index is 14.4. The van der Waals surface area contributed by atoms with Gasteiger partial charge in [-0.05, 0) is 50.9 Å². The van der Waals surface area contributed by atoms with Gasteiger partial charge in [-0.3, -0.25) is 0 Å². The van der Waals surface area contributed by atoms with Crippen molar-refractivity contribution in [3.63, 3.8) is 0 Å². The van der Waals surface area contributed by atoms with E-state index < -0.39 is 0 Å². The molecule has 0 radical (unpaired) electrons. The van der Waals surface area contributed by atoms with Crippen LogP contribution in [0.2, 0.25) is 0 Å². The van der Waals surface area contributed by atoms with Crippen molar-refractivity contribution in [2.75, 3.05) is 26.5 Å². The van der Waals surface area contributed by atoms with E-state index in [1.807, 2.05) is 6.07 Å². The number of hydrogen-bond donors (Lipinski definition) is 0. The van der Waals surface area contributed by atoms with Crippen molar-refractivity contribution in [1.29, 1.82) is 0 Å². The summed E-state index contributed by atoms with van der Waals surface area (Å²) in [5, 5.41) is 0. The van der Waals surface area contributed by atoms with Crippen LogP contribution in [-0.2, 0) is 0 Å². The monoisotopic (exact) mass is 281 g/mol. The van der Waals surface area contributed by atoms with E-state index in [4.69, 9.17) is 4.74 Å². The summed E-state index contributed by atoms with van der Waals surface area (Å²) in [4.78, 5) is 3.52. The van der Waals surface area contributed by atoms with Crippen LogP contribution in [-0.4, -0.2) is 37.4 Å². The summed E-state index contributed by atoms with van der Waals surface area (Å²) in [6, 6.07) is 4.35. The highest BCUT2D eigenvalue weighted by Gasteiger charge is 2.32. The smallest absolute Gasteiger partial charge is 0.169 e. The predicted molar refractivity (Wildman–Crippen MR) is 76.7 cm³/mol. The summed E-state index contributed by atoms with van der Waals surface area (Å²) < 4.78 is 19.6. The third kappa shape index (κ3) is 2.36. The number of rotatable bonds is 3. The zero-order valence-corrected chi connectivity index (χ0v) is 12.3. The maximum atomic E-state index is 14.4. The highest BCUT2D eigenvalue weighted by atomic mass is 32.2. The number of methoxy groups -OCH3 is 1. The molecule has 104 valence electrons. The molecule has 4 heteroatoms. The Morgan fingerprint density at radius 3 is 3.00 bits per heavy atom. The summed E-state index contributed by atoms with van der Waals surface area (Å²) in [6.45, 7) is 1.18. The summed E-state index contributed by atoms with van der Waals surface area (Å²) >= 11 is 1.78. The lowest BCUT2D eigenvalue weighted by Crippen LogP contribution is -2.27. The van der Waals surface area contributed by atoms with Gasteiger partial charge in [0.2, 0.25) is 0 Å². The number of hydrogen-bond acceptors (Lipinski definition) is 3. The molecule has 0 amide bonds. The molecule has 0 aliphatic carbocycles. The molecule has 2 nitrogen and oxygen atoms in total. The van der Waals surface area contributed by atoms with E-state index in [-0.39, 0.29) is 5.82 Å². The van der Waals surface area contributed by atoms with Crippen molar-refractivity contribution < 1.29 is 9.13 Å². The van der Waals surface area contributed by atoms with Gasteiger partial charge in [-0.2, -0.15) is 0 Å². The summed E-state index contributed by atoms with van der Waals surface area (Å²) in [7, 11) is 3.72. The molecule has 2 heterocycles. The number of nitrogens with zero attached hydrogens (tertiary/aromatic N) is 1. The molecule has 0 unspecified atom stereocenters. The fourth-order valence-electron chi connectivity index (χ4n) is 3.28. The third-order valence-corrected chi connectivity index (χ3v) is 5.64. The van der Waals surface area contributed by atoms with E-state index in [0.717, 1.165) is 22.6 Å². The number of thioether (sulfide) groups is 1. The van der Waals surface area contributed by atoms with E-state index in [0.29, 0.717) is 17.7 Å². The molecule has 1 aromatic rings. The second kappa shape index (κ2) is 5.33. The number of ether oxygens (including phenoxy) is 1. The fraction of sp³-hybridized carbons (Fsp3) is 0.600. The first-order valence-electron chi connectivity index (χ1n) is 6.90. The van der Waals surface area contributed by atoms with Gasteiger partial charge in [0.05, 0.1) is 7.11 Å². The normalized spacial score (nSPS) is 26.7. The van der Waals surface area contributed by atoms with E-state index in [1.165, 1.54) is 26.5 Å². The van der Waals surface area contributed by atoms with Crippen LogP contribution in [0.1, 0.15) is 30.7 Å². The summed E-state index contributed by atoms with van der Waals surface area (Å²) in [5.41, 5.74) is 0.893. The molecule has 0 aromatic heterocycles. The van der Waals surface area contributed by atoms with Crippen molar-refractivity contribution in [3.8, 4) is 5.75 Å². The van der Waals surface area contributed by atoms with Crippen molar-refractivity contribution in [2.24, 2.45) is 0 Å². The Labute approximate surface area is 118 Å². The SMILES string of the molecule is COc1ccc2c(c1F)[C@@H](C[C@H]1CCCN1C)CS2. The molecular weight excluding hydrogens is 261 g/mol. The first kappa shape index (κ1) is 13.3. The Kier molecular flexibility index (Phi) is 3.72. The lowest BCUT2D eigenvalue weighted by atomic mass is 9.92. The Bertz CT molecular complexity index is 479. The molecule has 0 saturated carbocycles. The summed E-state index contributed by atoms with van der Waals surface area (Å²) in [5.74, 6) is 1.58. The van der Waals surface area contributed by atoms with Gasteiger partial charge in [0.15, 0.2) is 11.6 Å². The molecule has 1 saturated heterocycles. The molecule has 1 fully saturated rings. The molecule has 0 bridgehead atoms. The molecule has 19 heavy (non-hydrogen) atoms. The minimum atomic E-state index is -0.143. The largest absolute Gasteiger partial charge is 0.494 e. The van der Waals surface area contributed by atoms with Gasteiger partial charge in [-0.15, -0.1) is 11.8 Å². The van der Waals surface area contributed by atoms with E-state index in [1.54, 1.807) is 17.8 Å². The topological polar surface area (TPSA) is 12.5 Å². The molecule has 2 aliphatic heterocycles. The van der Waals surface area contributed by atoms with Crippen LogP contribution in [0.4, 0.5) is 4.39 Å². The van der Waals surface area contributed by atoms with Gasteiger partial charge < -0.3 is 9.64 Å². The highest BCUT2D eigenvalue weighted by Crippen LogP contribution is 2.46. The van der Waals surface area contributed by atoms with Crippen LogP contribution in [0, 0.1) is 5.82 Å². The molecule has 1 aromatic carbocycles. The number of likely N-dealkylation sites (tertiary alicyclic amines) is 1. The lowest BCUT2D eigenvalue weighted by Gasteiger charge is -2.23. The summed E-state index contributed by atoms with van der Waals surface area (Å²) in [6.07, 6.45) is 3.59. The average molecular weight is 281 g/mol. The molecule has 0 spiro atoms. The second-order valence-corrected chi connectivity index (χ2v) is 6.58. The van der Waals surface area contributed by atoms with Crippen molar-refractivity contribution in [3.05, 3.63) is 23.5 Å². The van der Waals surface area contributed by atoms with Crippen molar-refractivity contribution in [1.82, 2.24) is 4.90 Å². The number of halogens is 1. The Morgan fingerprint density at radius 2 is 2.32 bits per heavy atom. The van der Waals surface area contributed by atoms with Crippen LogP contribution >= 0.6 is 11.8 Å². The van der Waals surface area contributed by atoms with Crippen molar-refractivity contribution >= 4 is 11.8 Å². The van der Waals surface area contributed by atoms with Gasteiger partial charge in [0.1, 0.15) is 0 Å². The molecule has 0 N–H and O–H groups in total. The molecule has 2 atom stereocenters. The molecule has 3 rings (SSSR count). The van der Waals surface area contributed by atoms with Crippen LogP contribution in [0.15, 0.2) is 17.0 Å². The molecular formula is C15H20FNOS. The second-order valence-electron chi connectivity index (χ2n) is 5.51. The van der Waals surface area contributed by atoms with Gasteiger partial charge in [-0.25, -0.2) is 4.39 Å².